The summed E-state index contributed by atoms with van der Waals surface area (Å²) in [6.07, 6.45) is 20.3. The molecule has 0 amide bonds. The van der Waals surface area contributed by atoms with E-state index >= 15 is 0 Å². The van der Waals surface area contributed by atoms with Gasteiger partial charge >= 0.3 is 0 Å². The first kappa shape index (κ1) is 23.8. The first-order chi connectivity index (χ1) is 15.3. The fourth-order valence-electron chi connectivity index (χ4n) is 4.57. The molecule has 1 aromatic heterocycles. The molecule has 0 saturated heterocycles. The number of aromatic nitrogens is 2. The van der Waals surface area contributed by atoms with Crippen LogP contribution in [0.5, 0.6) is 5.75 Å². The van der Waals surface area contributed by atoms with Gasteiger partial charge in [-0.1, -0.05) is 58.1 Å². The van der Waals surface area contributed by atoms with Gasteiger partial charge in [0.1, 0.15) is 11.6 Å². The molecule has 0 atom stereocenters. The first-order valence-electron chi connectivity index (χ1n) is 12.8. The second-order valence-corrected chi connectivity index (χ2v) is 9.39. The molecule has 1 aromatic carbocycles. The van der Waals surface area contributed by atoms with Gasteiger partial charge in [-0.3, -0.25) is 0 Å². The van der Waals surface area contributed by atoms with Crippen LogP contribution in [0, 0.1) is 5.92 Å². The third-order valence-electron chi connectivity index (χ3n) is 6.73. The van der Waals surface area contributed by atoms with Gasteiger partial charge in [0.2, 0.25) is 0 Å². The molecule has 2 aromatic rings. The molecule has 0 unspecified atom stereocenters. The summed E-state index contributed by atoms with van der Waals surface area (Å²) >= 11 is 0. The smallest absolute Gasteiger partial charge is 0.131 e. The van der Waals surface area contributed by atoms with E-state index in [0.29, 0.717) is 11.8 Å². The van der Waals surface area contributed by atoms with Crippen molar-refractivity contribution in [3.63, 3.8) is 0 Å². The first-order valence-corrected chi connectivity index (χ1v) is 12.8. The topological polar surface area (TPSA) is 35.0 Å². The molecule has 31 heavy (non-hydrogen) atoms. The van der Waals surface area contributed by atoms with Crippen molar-refractivity contribution in [1.82, 2.24) is 9.97 Å². The molecule has 3 rings (SSSR count). The molecule has 1 saturated carbocycles. The lowest BCUT2D eigenvalue weighted by Gasteiger charge is -2.27. The van der Waals surface area contributed by atoms with Crippen molar-refractivity contribution in [3.05, 3.63) is 53.6 Å². The van der Waals surface area contributed by atoms with E-state index in [-0.39, 0.29) is 0 Å². The van der Waals surface area contributed by atoms with Crippen LogP contribution in [0.3, 0.4) is 0 Å². The summed E-state index contributed by atoms with van der Waals surface area (Å²) in [5, 5.41) is 0. The number of hydrogen-bond acceptors (Lipinski definition) is 3. The van der Waals surface area contributed by atoms with Gasteiger partial charge in [-0.2, -0.15) is 0 Å². The van der Waals surface area contributed by atoms with Gasteiger partial charge < -0.3 is 4.74 Å². The minimum Gasteiger partial charge on any atom is -0.493 e. The van der Waals surface area contributed by atoms with E-state index in [4.69, 9.17) is 14.7 Å². The summed E-state index contributed by atoms with van der Waals surface area (Å²) in [5.74, 6) is 3.24. The second-order valence-electron chi connectivity index (χ2n) is 9.39. The van der Waals surface area contributed by atoms with Crippen molar-refractivity contribution in [3.8, 4) is 5.75 Å². The average molecular weight is 423 g/mol. The van der Waals surface area contributed by atoms with Crippen LogP contribution in [0.4, 0.5) is 0 Å². The maximum absolute atomic E-state index is 6.09. The molecular weight excluding hydrogens is 380 g/mol. The minimum absolute atomic E-state index is 0.521. The van der Waals surface area contributed by atoms with Gasteiger partial charge in [-0.15, -0.1) is 0 Å². The molecule has 0 aliphatic heterocycles. The van der Waals surface area contributed by atoms with Crippen molar-refractivity contribution >= 4 is 0 Å². The highest BCUT2D eigenvalue weighted by molar-refractivity contribution is 5.27. The molecule has 3 nitrogen and oxygen atoms in total. The number of ether oxygens (including phenoxy) is 1. The molecule has 170 valence electrons. The van der Waals surface area contributed by atoms with E-state index in [1.807, 2.05) is 0 Å². The van der Waals surface area contributed by atoms with E-state index in [2.05, 4.69) is 50.5 Å². The molecule has 0 bridgehead atoms. The number of aryl methyl sites for hydroxylation is 2. The van der Waals surface area contributed by atoms with Gasteiger partial charge in [-0.05, 0) is 80.5 Å². The Hall–Kier alpha value is -1.90. The summed E-state index contributed by atoms with van der Waals surface area (Å²) in [4.78, 5) is 9.45. The van der Waals surface area contributed by atoms with Crippen LogP contribution in [-0.4, -0.2) is 16.6 Å². The van der Waals surface area contributed by atoms with Crippen molar-refractivity contribution in [2.24, 2.45) is 5.92 Å². The Labute approximate surface area is 190 Å². The summed E-state index contributed by atoms with van der Waals surface area (Å²) in [6.45, 7) is 5.34. The van der Waals surface area contributed by atoms with E-state index in [9.17, 15) is 0 Å². The number of hydrogen-bond donors (Lipinski definition) is 0. The lowest BCUT2D eigenvalue weighted by Crippen LogP contribution is -2.20. The predicted octanol–water partition coefficient (Wildman–Crippen LogP) is 7.68. The van der Waals surface area contributed by atoms with Gasteiger partial charge in [0.25, 0.3) is 0 Å². The Morgan fingerprint density at radius 1 is 0.742 bits per heavy atom. The molecule has 1 aliphatic rings. The van der Waals surface area contributed by atoms with Crippen molar-refractivity contribution in [2.75, 3.05) is 6.61 Å². The highest BCUT2D eigenvalue weighted by atomic mass is 16.5. The standard InChI is InChI=1S/C28H42N2O/c1-3-5-7-8-9-11-25-20-29-28(30-21-25)26-16-12-24(13-17-26)22-31-27-18-14-23(15-19-27)10-6-4-2/h14-15,18-21,24,26H,3-13,16-17,22H2,1-2H3. The largest absolute Gasteiger partial charge is 0.493 e. The number of unbranched alkanes of at least 4 members (excludes halogenated alkanes) is 5. The van der Waals surface area contributed by atoms with Crippen LogP contribution >= 0.6 is 0 Å². The maximum atomic E-state index is 6.09. The van der Waals surface area contributed by atoms with Crippen LogP contribution in [0.2, 0.25) is 0 Å². The molecule has 1 aliphatic carbocycles. The van der Waals surface area contributed by atoms with Gasteiger partial charge in [-0.25, -0.2) is 9.97 Å². The lowest BCUT2D eigenvalue weighted by atomic mass is 9.82. The summed E-state index contributed by atoms with van der Waals surface area (Å²) < 4.78 is 6.09. The highest BCUT2D eigenvalue weighted by Gasteiger charge is 2.24. The third kappa shape index (κ3) is 8.27. The van der Waals surface area contributed by atoms with E-state index in [1.54, 1.807) is 0 Å². The van der Waals surface area contributed by atoms with Crippen molar-refractivity contribution in [1.29, 1.82) is 0 Å². The second kappa shape index (κ2) is 13.5. The van der Waals surface area contributed by atoms with E-state index < -0.39 is 0 Å². The Morgan fingerprint density at radius 2 is 1.39 bits per heavy atom. The van der Waals surface area contributed by atoms with Gasteiger partial charge in [0.05, 0.1) is 6.61 Å². The number of benzene rings is 1. The van der Waals surface area contributed by atoms with Crippen molar-refractivity contribution < 1.29 is 4.74 Å². The number of rotatable bonds is 13. The predicted molar refractivity (Wildman–Crippen MR) is 130 cm³/mol. The summed E-state index contributed by atoms with van der Waals surface area (Å²) in [7, 11) is 0. The van der Waals surface area contributed by atoms with Gasteiger partial charge in [0, 0.05) is 18.3 Å². The highest BCUT2D eigenvalue weighted by Crippen LogP contribution is 2.34. The fourth-order valence-corrected chi connectivity index (χ4v) is 4.57. The van der Waals surface area contributed by atoms with Crippen molar-refractivity contribution in [2.45, 2.75) is 103 Å². The molecule has 0 spiro atoms. The van der Waals surface area contributed by atoms with Gasteiger partial charge in [0.15, 0.2) is 0 Å². The molecule has 1 heterocycles. The maximum Gasteiger partial charge on any atom is 0.131 e. The zero-order chi connectivity index (χ0) is 21.7. The minimum atomic E-state index is 0.521. The van der Waals surface area contributed by atoms with Crippen LogP contribution in [0.15, 0.2) is 36.7 Å². The lowest BCUT2D eigenvalue weighted by molar-refractivity contribution is 0.198. The average Bonchev–Trinajstić information content (AvgIpc) is 2.83. The summed E-state index contributed by atoms with van der Waals surface area (Å²) in [6, 6.07) is 8.70. The van der Waals surface area contributed by atoms with Crippen LogP contribution < -0.4 is 4.74 Å². The molecule has 0 N–H and O–H groups in total. The Bertz CT molecular complexity index is 718. The van der Waals surface area contributed by atoms with Crippen LogP contribution in [-0.2, 0) is 12.8 Å². The fraction of sp³-hybridized carbons (Fsp3) is 0.643. The Morgan fingerprint density at radius 3 is 2.06 bits per heavy atom. The quantitative estimate of drug-likeness (QED) is 0.310. The Kier molecular flexibility index (Phi) is 10.3. The number of nitrogens with zero attached hydrogens (tertiary/aromatic N) is 2. The SMILES string of the molecule is CCCCCCCc1cnc(C2CCC(COc3ccc(CCCC)cc3)CC2)nc1. The summed E-state index contributed by atoms with van der Waals surface area (Å²) in [5.41, 5.74) is 2.71. The molecule has 3 heteroatoms. The molecule has 1 fully saturated rings. The monoisotopic (exact) mass is 422 g/mol. The van der Waals surface area contributed by atoms with Crippen LogP contribution in [0.25, 0.3) is 0 Å². The molecular formula is C28H42N2O. The van der Waals surface area contributed by atoms with E-state index in [1.165, 1.54) is 88.2 Å². The zero-order valence-corrected chi connectivity index (χ0v) is 19.8. The third-order valence-corrected chi connectivity index (χ3v) is 6.73. The Balaban J connectivity index is 1.35. The molecule has 0 radical (unpaired) electrons. The van der Waals surface area contributed by atoms with E-state index in [0.717, 1.165) is 24.6 Å². The van der Waals surface area contributed by atoms with Crippen LogP contribution in [0.1, 0.15) is 107 Å². The zero-order valence-electron chi connectivity index (χ0n) is 19.8. The normalized spacial score (nSPS) is 18.8.